The second kappa shape index (κ2) is 11.0. The summed E-state index contributed by atoms with van der Waals surface area (Å²) in [4.78, 5) is 12.3. The molecule has 0 spiro atoms. The van der Waals surface area contributed by atoms with E-state index in [1.54, 1.807) is 0 Å². The molecule has 0 saturated heterocycles. The minimum absolute atomic E-state index is 0.0582. The van der Waals surface area contributed by atoms with Crippen molar-refractivity contribution in [2.24, 2.45) is 0 Å². The SMILES string of the molecule is CCC(NCC(=O)Nc1ccc(OCCc2ccccc2)cc1)c1ccccc1. The van der Waals surface area contributed by atoms with E-state index in [1.165, 1.54) is 11.1 Å². The van der Waals surface area contributed by atoms with Crippen LogP contribution in [-0.4, -0.2) is 19.1 Å². The van der Waals surface area contributed by atoms with Gasteiger partial charge in [0.2, 0.25) is 5.91 Å². The van der Waals surface area contributed by atoms with E-state index in [2.05, 4.69) is 41.8 Å². The standard InChI is InChI=1S/C25H28N2O2/c1-2-24(21-11-7-4-8-12-21)26-19-25(28)27-22-13-15-23(16-14-22)29-18-17-20-9-5-3-6-10-20/h3-16,24,26H,2,17-19H2,1H3,(H,27,28). The first-order chi connectivity index (χ1) is 14.2. The number of carbonyl (C=O) groups excluding carboxylic acids is 1. The van der Waals surface area contributed by atoms with Crippen molar-refractivity contribution in [1.29, 1.82) is 0 Å². The highest BCUT2D eigenvalue weighted by molar-refractivity contribution is 5.92. The summed E-state index contributed by atoms with van der Waals surface area (Å²) in [6.45, 7) is 3.00. The summed E-state index contributed by atoms with van der Waals surface area (Å²) in [5.74, 6) is 0.740. The van der Waals surface area contributed by atoms with Crippen LogP contribution in [0.3, 0.4) is 0 Å². The molecule has 0 aliphatic carbocycles. The van der Waals surface area contributed by atoms with Crippen molar-refractivity contribution < 1.29 is 9.53 Å². The Morgan fingerprint density at radius 2 is 1.55 bits per heavy atom. The van der Waals surface area contributed by atoms with Crippen molar-refractivity contribution in [3.05, 3.63) is 96.1 Å². The van der Waals surface area contributed by atoms with Gasteiger partial charge in [-0.1, -0.05) is 67.6 Å². The molecule has 3 rings (SSSR count). The van der Waals surface area contributed by atoms with Crippen LogP contribution < -0.4 is 15.4 Å². The molecule has 0 bridgehead atoms. The lowest BCUT2D eigenvalue weighted by Gasteiger charge is -2.17. The summed E-state index contributed by atoms with van der Waals surface area (Å²) in [6.07, 6.45) is 1.79. The molecule has 4 nitrogen and oxygen atoms in total. The van der Waals surface area contributed by atoms with Crippen LogP contribution in [0.4, 0.5) is 5.69 Å². The average molecular weight is 389 g/mol. The highest BCUT2D eigenvalue weighted by Crippen LogP contribution is 2.17. The van der Waals surface area contributed by atoms with Gasteiger partial charge in [0.25, 0.3) is 0 Å². The van der Waals surface area contributed by atoms with Gasteiger partial charge < -0.3 is 15.4 Å². The molecule has 4 heteroatoms. The zero-order chi connectivity index (χ0) is 20.3. The molecule has 2 N–H and O–H groups in total. The molecule has 1 atom stereocenters. The van der Waals surface area contributed by atoms with Crippen LogP contribution in [0.5, 0.6) is 5.75 Å². The number of benzene rings is 3. The van der Waals surface area contributed by atoms with E-state index in [9.17, 15) is 4.79 Å². The van der Waals surface area contributed by atoms with E-state index in [0.717, 1.165) is 24.3 Å². The highest BCUT2D eigenvalue weighted by atomic mass is 16.5. The molecule has 0 saturated carbocycles. The van der Waals surface area contributed by atoms with E-state index in [-0.39, 0.29) is 18.5 Å². The van der Waals surface area contributed by atoms with Crippen molar-refractivity contribution in [2.75, 3.05) is 18.5 Å². The fourth-order valence-corrected chi connectivity index (χ4v) is 3.17. The van der Waals surface area contributed by atoms with Gasteiger partial charge in [-0.15, -0.1) is 0 Å². The number of carbonyl (C=O) groups is 1. The molecule has 0 radical (unpaired) electrons. The van der Waals surface area contributed by atoms with Crippen molar-refractivity contribution in [3.8, 4) is 5.75 Å². The lowest BCUT2D eigenvalue weighted by Crippen LogP contribution is -2.31. The molecule has 1 amide bonds. The van der Waals surface area contributed by atoms with Crippen LogP contribution >= 0.6 is 0 Å². The van der Waals surface area contributed by atoms with Gasteiger partial charge in [0.05, 0.1) is 13.2 Å². The van der Waals surface area contributed by atoms with Crippen LogP contribution in [0.25, 0.3) is 0 Å². The molecule has 0 aromatic heterocycles. The predicted octanol–water partition coefficient (Wildman–Crippen LogP) is 4.99. The Labute approximate surface area is 172 Å². The predicted molar refractivity (Wildman–Crippen MR) is 118 cm³/mol. The molecule has 0 aliphatic rings. The maximum atomic E-state index is 12.3. The summed E-state index contributed by atoms with van der Waals surface area (Å²) < 4.78 is 5.79. The Hall–Kier alpha value is -3.11. The second-order valence-electron chi connectivity index (χ2n) is 6.91. The Kier molecular flexibility index (Phi) is 7.84. The van der Waals surface area contributed by atoms with Gasteiger partial charge in [-0.3, -0.25) is 4.79 Å². The van der Waals surface area contributed by atoms with Crippen LogP contribution in [-0.2, 0) is 11.2 Å². The summed E-state index contributed by atoms with van der Waals surface area (Å²) in [5, 5.41) is 6.25. The normalized spacial score (nSPS) is 11.6. The molecule has 3 aromatic rings. The number of rotatable bonds is 10. The third kappa shape index (κ3) is 6.77. The summed E-state index contributed by atoms with van der Waals surface area (Å²) in [7, 11) is 0. The number of anilines is 1. The third-order valence-corrected chi connectivity index (χ3v) is 4.76. The second-order valence-corrected chi connectivity index (χ2v) is 6.91. The number of amides is 1. The van der Waals surface area contributed by atoms with Gasteiger partial charge in [-0.2, -0.15) is 0 Å². The van der Waals surface area contributed by atoms with Crippen LogP contribution in [0.2, 0.25) is 0 Å². The fourth-order valence-electron chi connectivity index (χ4n) is 3.17. The van der Waals surface area contributed by atoms with E-state index in [4.69, 9.17) is 4.74 Å². The molecule has 29 heavy (non-hydrogen) atoms. The van der Waals surface area contributed by atoms with Gasteiger partial charge in [0.15, 0.2) is 0 Å². The molecule has 0 heterocycles. The smallest absolute Gasteiger partial charge is 0.238 e. The summed E-state index contributed by atoms with van der Waals surface area (Å²) in [6, 6.07) is 28.1. The first kappa shape index (κ1) is 20.6. The zero-order valence-corrected chi connectivity index (χ0v) is 16.8. The van der Waals surface area contributed by atoms with Gasteiger partial charge in [0.1, 0.15) is 5.75 Å². The number of hydrogen-bond donors (Lipinski definition) is 2. The average Bonchev–Trinajstić information content (AvgIpc) is 2.77. The Balaban J connectivity index is 1.42. The topological polar surface area (TPSA) is 50.4 Å². The molecule has 150 valence electrons. The van der Waals surface area contributed by atoms with Crippen LogP contribution in [0, 0.1) is 0 Å². The van der Waals surface area contributed by atoms with E-state index >= 15 is 0 Å². The van der Waals surface area contributed by atoms with Gasteiger partial charge in [-0.05, 0) is 41.8 Å². The van der Waals surface area contributed by atoms with E-state index < -0.39 is 0 Å². The molecular weight excluding hydrogens is 360 g/mol. The van der Waals surface area contributed by atoms with Gasteiger partial charge >= 0.3 is 0 Å². The number of nitrogens with one attached hydrogen (secondary N) is 2. The van der Waals surface area contributed by atoms with Crippen molar-refractivity contribution in [3.63, 3.8) is 0 Å². The van der Waals surface area contributed by atoms with Crippen molar-refractivity contribution in [1.82, 2.24) is 5.32 Å². The molecule has 1 unspecified atom stereocenters. The van der Waals surface area contributed by atoms with Crippen molar-refractivity contribution in [2.45, 2.75) is 25.8 Å². The summed E-state index contributed by atoms with van der Waals surface area (Å²) in [5.41, 5.74) is 3.21. The number of hydrogen-bond acceptors (Lipinski definition) is 3. The molecular formula is C25H28N2O2. The van der Waals surface area contributed by atoms with E-state index in [1.807, 2.05) is 60.7 Å². The van der Waals surface area contributed by atoms with Crippen LogP contribution in [0.1, 0.15) is 30.5 Å². The fraction of sp³-hybridized carbons (Fsp3) is 0.240. The molecule has 0 aliphatic heterocycles. The third-order valence-electron chi connectivity index (χ3n) is 4.76. The monoisotopic (exact) mass is 388 g/mol. The Morgan fingerprint density at radius 1 is 0.897 bits per heavy atom. The van der Waals surface area contributed by atoms with E-state index in [0.29, 0.717) is 6.61 Å². The zero-order valence-electron chi connectivity index (χ0n) is 16.8. The molecule has 0 fully saturated rings. The molecule has 3 aromatic carbocycles. The first-order valence-electron chi connectivity index (χ1n) is 10.1. The quantitative estimate of drug-likeness (QED) is 0.515. The first-order valence-corrected chi connectivity index (χ1v) is 10.1. The lowest BCUT2D eigenvalue weighted by molar-refractivity contribution is -0.115. The lowest BCUT2D eigenvalue weighted by atomic mass is 10.0. The highest BCUT2D eigenvalue weighted by Gasteiger charge is 2.10. The minimum Gasteiger partial charge on any atom is -0.493 e. The van der Waals surface area contributed by atoms with Gasteiger partial charge in [-0.25, -0.2) is 0 Å². The van der Waals surface area contributed by atoms with Crippen molar-refractivity contribution >= 4 is 11.6 Å². The maximum Gasteiger partial charge on any atom is 0.238 e. The minimum atomic E-state index is -0.0582. The van der Waals surface area contributed by atoms with Gasteiger partial charge in [0, 0.05) is 18.2 Å². The maximum absolute atomic E-state index is 12.3. The van der Waals surface area contributed by atoms with Crippen LogP contribution in [0.15, 0.2) is 84.9 Å². The Bertz CT molecular complexity index is 864. The largest absolute Gasteiger partial charge is 0.493 e. The summed E-state index contributed by atoms with van der Waals surface area (Å²) >= 11 is 0. The Morgan fingerprint density at radius 3 is 2.21 bits per heavy atom. The number of ether oxygens (including phenoxy) is 1.